The number of nitro groups is 1. The number of amides is 1. The monoisotopic (exact) mass is 487 g/mol. The van der Waals surface area contributed by atoms with Crippen LogP contribution in [0.2, 0.25) is 5.02 Å². The second-order valence-corrected chi connectivity index (χ2v) is 7.34. The van der Waals surface area contributed by atoms with E-state index in [4.69, 9.17) is 16.3 Å². The first kappa shape index (κ1) is 21.5. The molecule has 0 saturated carbocycles. The van der Waals surface area contributed by atoms with Gasteiger partial charge in [0.15, 0.2) is 0 Å². The van der Waals surface area contributed by atoms with Crippen molar-refractivity contribution in [2.75, 3.05) is 0 Å². The molecule has 0 atom stereocenters. The third-order valence-corrected chi connectivity index (χ3v) is 4.94. The molecule has 0 radical (unpaired) electrons. The Labute approximate surface area is 185 Å². The summed E-state index contributed by atoms with van der Waals surface area (Å²) in [6, 6.07) is 18.2. The van der Waals surface area contributed by atoms with Crippen molar-refractivity contribution in [3.63, 3.8) is 0 Å². The minimum atomic E-state index is -0.446. The van der Waals surface area contributed by atoms with Gasteiger partial charge in [-0.2, -0.15) is 5.10 Å². The van der Waals surface area contributed by atoms with E-state index in [2.05, 4.69) is 26.5 Å². The predicted molar refractivity (Wildman–Crippen MR) is 118 cm³/mol. The first-order chi connectivity index (χ1) is 14.4. The van der Waals surface area contributed by atoms with E-state index in [1.807, 2.05) is 0 Å². The Morgan fingerprint density at radius 3 is 2.57 bits per heavy atom. The van der Waals surface area contributed by atoms with Gasteiger partial charge >= 0.3 is 0 Å². The standard InChI is InChI=1S/C21H15BrClN3O4/c22-18-11-15(12-24-25-21(27)17-3-1-2-4-19(17)23)7-10-20(18)30-13-14-5-8-16(9-6-14)26(28)29/h1-12H,13H2,(H,25,27)/b24-12-. The molecule has 0 aliphatic heterocycles. The van der Waals surface area contributed by atoms with Crippen LogP contribution in [-0.2, 0) is 6.61 Å². The molecule has 0 bridgehead atoms. The van der Waals surface area contributed by atoms with Gasteiger partial charge in [-0.3, -0.25) is 14.9 Å². The minimum Gasteiger partial charge on any atom is -0.488 e. The summed E-state index contributed by atoms with van der Waals surface area (Å²) in [6.45, 7) is 0.262. The number of hydrogen-bond acceptors (Lipinski definition) is 5. The molecule has 3 rings (SSSR count). The van der Waals surface area contributed by atoms with E-state index in [9.17, 15) is 14.9 Å². The lowest BCUT2D eigenvalue weighted by molar-refractivity contribution is -0.384. The summed E-state index contributed by atoms with van der Waals surface area (Å²) in [5, 5.41) is 15.0. The molecule has 9 heteroatoms. The van der Waals surface area contributed by atoms with E-state index >= 15 is 0 Å². The average molecular weight is 489 g/mol. The number of carbonyl (C=O) groups is 1. The summed E-state index contributed by atoms with van der Waals surface area (Å²) in [6.07, 6.45) is 1.50. The Kier molecular flexibility index (Phi) is 7.16. The molecule has 1 amide bonds. The van der Waals surface area contributed by atoms with E-state index in [1.165, 1.54) is 18.3 Å². The molecular weight excluding hydrogens is 474 g/mol. The largest absolute Gasteiger partial charge is 0.488 e. The Morgan fingerprint density at radius 1 is 1.17 bits per heavy atom. The number of ether oxygens (including phenoxy) is 1. The number of hydrazone groups is 1. The van der Waals surface area contributed by atoms with Crippen LogP contribution in [0.4, 0.5) is 5.69 Å². The van der Waals surface area contributed by atoms with E-state index < -0.39 is 10.8 Å². The van der Waals surface area contributed by atoms with Crippen LogP contribution in [0.15, 0.2) is 76.3 Å². The lowest BCUT2D eigenvalue weighted by Gasteiger charge is -2.09. The van der Waals surface area contributed by atoms with Crippen molar-refractivity contribution < 1.29 is 14.5 Å². The number of hydrogen-bond donors (Lipinski definition) is 1. The molecule has 0 saturated heterocycles. The highest BCUT2D eigenvalue weighted by Gasteiger charge is 2.08. The molecule has 0 unspecified atom stereocenters. The number of nitrogens with zero attached hydrogens (tertiary/aromatic N) is 2. The molecule has 0 heterocycles. The molecule has 0 aromatic heterocycles. The van der Waals surface area contributed by atoms with Crippen molar-refractivity contribution in [3.05, 3.63) is 103 Å². The van der Waals surface area contributed by atoms with Crippen LogP contribution in [0.1, 0.15) is 21.5 Å². The highest BCUT2D eigenvalue weighted by molar-refractivity contribution is 9.10. The molecule has 0 aliphatic carbocycles. The van der Waals surface area contributed by atoms with Crippen LogP contribution in [-0.4, -0.2) is 17.0 Å². The van der Waals surface area contributed by atoms with Crippen LogP contribution in [0.5, 0.6) is 5.75 Å². The zero-order valence-electron chi connectivity index (χ0n) is 15.4. The van der Waals surface area contributed by atoms with Crippen molar-refractivity contribution in [1.29, 1.82) is 0 Å². The molecule has 0 aliphatic rings. The maximum Gasteiger partial charge on any atom is 0.272 e. The number of nitro benzene ring substituents is 1. The summed E-state index contributed by atoms with van der Waals surface area (Å²) < 4.78 is 6.45. The van der Waals surface area contributed by atoms with E-state index in [1.54, 1.807) is 54.6 Å². The topological polar surface area (TPSA) is 93.8 Å². The lowest BCUT2D eigenvalue weighted by Crippen LogP contribution is -2.17. The molecule has 1 N–H and O–H groups in total. The maximum atomic E-state index is 12.1. The number of nitrogens with one attached hydrogen (secondary N) is 1. The van der Waals surface area contributed by atoms with Gasteiger partial charge in [-0.05, 0) is 69.5 Å². The zero-order valence-corrected chi connectivity index (χ0v) is 17.8. The summed E-state index contributed by atoms with van der Waals surface area (Å²) in [5.41, 5.74) is 4.35. The summed E-state index contributed by atoms with van der Waals surface area (Å²) in [7, 11) is 0. The highest BCUT2D eigenvalue weighted by atomic mass is 79.9. The second-order valence-electron chi connectivity index (χ2n) is 6.08. The first-order valence-corrected chi connectivity index (χ1v) is 9.85. The summed E-state index contributed by atoms with van der Waals surface area (Å²) >= 11 is 9.42. The van der Waals surface area contributed by atoms with Crippen molar-refractivity contribution in [2.45, 2.75) is 6.61 Å². The van der Waals surface area contributed by atoms with Crippen LogP contribution in [0.25, 0.3) is 0 Å². The third kappa shape index (κ3) is 5.65. The molecule has 30 heavy (non-hydrogen) atoms. The third-order valence-electron chi connectivity index (χ3n) is 4.00. The predicted octanol–water partition coefficient (Wildman–Crippen LogP) is 5.35. The fourth-order valence-electron chi connectivity index (χ4n) is 2.46. The number of benzene rings is 3. The lowest BCUT2D eigenvalue weighted by atomic mass is 10.2. The molecular formula is C21H15BrClN3O4. The number of rotatable bonds is 7. The van der Waals surface area contributed by atoms with Gasteiger partial charge in [-0.15, -0.1) is 0 Å². The Bertz CT molecular complexity index is 1100. The first-order valence-electron chi connectivity index (χ1n) is 8.67. The zero-order chi connectivity index (χ0) is 21.5. The van der Waals surface area contributed by atoms with Gasteiger partial charge in [0, 0.05) is 12.1 Å². The Balaban J connectivity index is 1.58. The van der Waals surface area contributed by atoms with E-state index in [-0.39, 0.29) is 12.3 Å². The quantitative estimate of drug-likeness (QED) is 0.275. The summed E-state index contributed by atoms with van der Waals surface area (Å²) in [5.74, 6) is 0.199. The van der Waals surface area contributed by atoms with Gasteiger partial charge in [0.1, 0.15) is 12.4 Å². The van der Waals surface area contributed by atoms with Crippen LogP contribution >= 0.6 is 27.5 Å². The molecule has 0 spiro atoms. The second kappa shape index (κ2) is 10.00. The van der Waals surface area contributed by atoms with Gasteiger partial charge in [0.05, 0.1) is 26.2 Å². The molecule has 0 fully saturated rings. The average Bonchev–Trinajstić information content (AvgIpc) is 2.73. The van der Waals surface area contributed by atoms with Crippen LogP contribution in [0.3, 0.4) is 0 Å². The van der Waals surface area contributed by atoms with Crippen molar-refractivity contribution in [3.8, 4) is 5.75 Å². The SMILES string of the molecule is O=C(N/N=C\c1ccc(OCc2ccc([N+](=O)[O-])cc2)c(Br)c1)c1ccccc1Cl. The van der Waals surface area contributed by atoms with E-state index in [0.29, 0.717) is 20.8 Å². The number of halogens is 2. The van der Waals surface area contributed by atoms with Gasteiger partial charge < -0.3 is 4.74 Å². The van der Waals surface area contributed by atoms with Gasteiger partial charge in [-0.25, -0.2) is 5.43 Å². The van der Waals surface area contributed by atoms with Gasteiger partial charge in [0.2, 0.25) is 0 Å². The molecule has 3 aromatic rings. The number of carbonyl (C=O) groups excluding carboxylic acids is 1. The van der Waals surface area contributed by atoms with Gasteiger partial charge in [0.25, 0.3) is 11.6 Å². The van der Waals surface area contributed by atoms with E-state index in [0.717, 1.165) is 11.1 Å². The number of non-ortho nitro benzene ring substituents is 1. The van der Waals surface area contributed by atoms with Crippen molar-refractivity contribution >= 4 is 45.3 Å². The molecule has 3 aromatic carbocycles. The van der Waals surface area contributed by atoms with Crippen LogP contribution < -0.4 is 10.2 Å². The fraction of sp³-hybridized carbons (Fsp3) is 0.0476. The Hall–Kier alpha value is -3.23. The Morgan fingerprint density at radius 2 is 1.90 bits per heavy atom. The smallest absolute Gasteiger partial charge is 0.272 e. The van der Waals surface area contributed by atoms with Crippen LogP contribution in [0, 0.1) is 10.1 Å². The fourth-order valence-corrected chi connectivity index (χ4v) is 3.19. The van der Waals surface area contributed by atoms with Crippen molar-refractivity contribution in [2.24, 2.45) is 5.10 Å². The van der Waals surface area contributed by atoms with Crippen molar-refractivity contribution in [1.82, 2.24) is 5.43 Å². The summed E-state index contributed by atoms with van der Waals surface area (Å²) in [4.78, 5) is 22.3. The van der Waals surface area contributed by atoms with Gasteiger partial charge in [-0.1, -0.05) is 23.7 Å². The molecule has 152 valence electrons. The normalized spacial score (nSPS) is 10.7. The highest BCUT2D eigenvalue weighted by Crippen LogP contribution is 2.26. The minimum absolute atomic E-state index is 0.0326. The maximum absolute atomic E-state index is 12.1. The molecule has 7 nitrogen and oxygen atoms in total.